The molecule has 0 aromatic heterocycles. The second-order valence-corrected chi connectivity index (χ2v) is 9.96. The number of esters is 2. The summed E-state index contributed by atoms with van der Waals surface area (Å²) < 4.78 is 38.3. The van der Waals surface area contributed by atoms with Gasteiger partial charge in [0.2, 0.25) is 0 Å². The Morgan fingerprint density at radius 3 is 2.12 bits per heavy atom. The van der Waals surface area contributed by atoms with E-state index in [1.165, 1.54) is 24.3 Å². The summed E-state index contributed by atoms with van der Waals surface area (Å²) in [5.74, 6) is -2.03. The highest BCUT2D eigenvalue weighted by Crippen LogP contribution is 2.26. The Morgan fingerprint density at radius 2 is 1.59 bits per heavy atom. The van der Waals surface area contributed by atoms with E-state index in [-0.39, 0.29) is 18.8 Å². The molecule has 0 fully saturated rings. The molecule has 2 aromatic rings. The summed E-state index contributed by atoms with van der Waals surface area (Å²) in [7, 11) is -3.69. The SMILES string of the molecule is CC(C)(C)OC(=O)CC(N)C(C(=O)OCc1ccccc1)c1ccc(OS(C)(=O)=O)cc1. The van der Waals surface area contributed by atoms with Crippen LogP contribution in [-0.2, 0) is 35.8 Å². The predicted octanol–water partition coefficient (Wildman–Crippen LogP) is 2.91. The molecule has 0 amide bonds. The zero-order chi connectivity index (χ0) is 23.9. The Bertz CT molecular complexity index is 1010. The molecule has 2 unspecified atom stereocenters. The van der Waals surface area contributed by atoms with Crippen molar-refractivity contribution in [2.24, 2.45) is 5.73 Å². The molecule has 0 radical (unpaired) electrons. The summed E-state index contributed by atoms with van der Waals surface area (Å²) in [6.45, 7) is 5.26. The van der Waals surface area contributed by atoms with Gasteiger partial charge in [-0.25, -0.2) is 0 Å². The summed E-state index contributed by atoms with van der Waals surface area (Å²) >= 11 is 0. The standard InChI is InChI=1S/C23H29NO7S/c1-23(2,3)30-20(25)14-19(24)21(22(26)29-15-16-8-6-5-7-9-16)17-10-12-18(13-11-17)31-32(4,27)28/h5-13,19,21H,14-15,24H2,1-4H3. The number of nitrogens with two attached hydrogens (primary N) is 1. The molecule has 0 aliphatic rings. The molecule has 32 heavy (non-hydrogen) atoms. The average molecular weight is 464 g/mol. The molecule has 2 aromatic carbocycles. The van der Waals surface area contributed by atoms with E-state index in [0.717, 1.165) is 11.8 Å². The van der Waals surface area contributed by atoms with Crippen molar-refractivity contribution in [3.63, 3.8) is 0 Å². The van der Waals surface area contributed by atoms with Gasteiger partial charge in [-0.15, -0.1) is 0 Å². The van der Waals surface area contributed by atoms with Crippen molar-refractivity contribution in [2.45, 2.75) is 51.4 Å². The first-order valence-electron chi connectivity index (χ1n) is 10.0. The second kappa shape index (κ2) is 10.6. The van der Waals surface area contributed by atoms with E-state index in [1.807, 2.05) is 30.3 Å². The summed E-state index contributed by atoms with van der Waals surface area (Å²) in [6, 6.07) is 14.1. The molecular formula is C23H29NO7S. The number of ether oxygens (including phenoxy) is 2. The van der Waals surface area contributed by atoms with Gasteiger partial charge in [0.25, 0.3) is 0 Å². The van der Waals surface area contributed by atoms with E-state index < -0.39 is 39.6 Å². The smallest absolute Gasteiger partial charge is 0.315 e. The third kappa shape index (κ3) is 8.68. The number of rotatable bonds is 9. The van der Waals surface area contributed by atoms with Crippen molar-refractivity contribution in [3.8, 4) is 5.75 Å². The lowest BCUT2D eigenvalue weighted by molar-refractivity contribution is -0.155. The Hall–Kier alpha value is -2.91. The minimum absolute atomic E-state index is 0.0462. The van der Waals surface area contributed by atoms with Gasteiger partial charge in [0, 0.05) is 6.04 Å². The fourth-order valence-electron chi connectivity index (χ4n) is 2.98. The van der Waals surface area contributed by atoms with E-state index in [4.69, 9.17) is 19.4 Å². The highest BCUT2D eigenvalue weighted by molar-refractivity contribution is 7.86. The minimum atomic E-state index is -3.69. The molecule has 174 valence electrons. The van der Waals surface area contributed by atoms with Gasteiger partial charge in [0.05, 0.1) is 18.6 Å². The minimum Gasteiger partial charge on any atom is -0.460 e. The van der Waals surface area contributed by atoms with Crippen LogP contribution in [0.2, 0.25) is 0 Å². The highest BCUT2D eigenvalue weighted by Gasteiger charge is 2.32. The molecular weight excluding hydrogens is 434 g/mol. The normalized spacial score (nSPS) is 13.7. The Kier molecular flexibility index (Phi) is 8.40. The summed E-state index contributed by atoms with van der Waals surface area (Å²) in [6.07, 6.45) is 0.728. The number of hydrogen-bond donors (Lipinski definition) is 1. The molecule has 8 nitrogen and oxygen atoms in total. The van der Waals surface area contributed by atoms with Gasteiger partial charge in [-0.1, -0.05) is 42.5 Å². The van der Waals surface area contributed by atoms with Crippen LogP contribution in [-0.4, -0.2) is 38.3 Å². The first-order chi connectivity index (χ1) is 14.8. The van der Waals surface area contributed by atoms with Crippen molar-refractivity contribution in [3.05, 3.63) is 65.7 Å². The fourth-order valence-corrected chi connectivity index (χ4v) is 3.44. The zero-order valence-corrected chi connectivity index (χ0v) is 19.4. The summed E-state index contributed by atoms with van der Waals surface area (Å²) in [5.41, 5.74) is 6.82. The van der Waals surface area contributed by atoms with Crippen LogP contribution in [0.25, 0.3) is 0 Å². The average Bonchev–Trinajstić information content (AvgIpc) is 2.66. The molecule has 0 heterocycles. The Labute approximate surface area is 188 Å². The van der Waals surface area contributed by atoms with Crippen LogP contribution >= 0.6 is 0 Å². The monoisotopic (exact) mass is 463 g/mol. The van der Waals surface area contributed by atoms with Crippen LogP contribution in [0.5, 0.6) is 5.75 Å². The van der Waals surface area contributed by atoms with E-state index in [1.54, 1.807) is 20.8 Å². The molecule has 0 aliphatic heterocycles. The highest BCUT2D eigenvalue weighted by atomic mass is 32.2. The molecule has 2 N–H and O–H groups in total. The van der Waals surface area contributed by atoms with Crippen LogP contribution in [0, 0.1) is 0 Å². The molecule has 2 rings (SSSR count). The number of benzene rings is 2. The van der Waals surface area contributed by atoms with Crippen LogP contribution in [0.15, 0.2) is 54.6 Å². The lowest BCUT2D eigenvalue weighted by Crippen LogP contribution is -2.38. The predicted molar refractivity (Wildman–Crippen MR) is 119 cm³/mol. The first-order valence-corrected chi connectivity index (χ1v) is 11.8. The summed E-state index contributed by atoms with van der Waals surface area (Å²) in [5, 5.41) is 0. The van der Waals surface area contributed by atoms with Gasteiger partial charge in [-0.2, -0.15) is 8.42 Å². The van der Waals surface area contributed by atoms with Crippen LogP contribution < -0.4 is 9.92 Å². The molecule has 0 saturated heterocycles. The largest absolute Gasteiger partial charge is 0.460 e. The fraction of sp³-hybridized carbons (Fsp3) is 0.391. The van der Waals surface area contributed by atoms with Crippen LogP contribution in [0.3, 0.4) is 0 Å². The molecule has 0 spiro atoms. The maximum Gasteiger partial charge on any atom is 0.315 e. The van der Waals surface area contributed by atoms with E-state index in [9.17, 15) is 18.0 Å². The van der Waals surface area contributed by atoms with Crippen LogP contribution in [0.1, 0.15) is 44.2 Å². The van der Waals surface area contributed by atoms with Gasteiger partial charge < -0.3 is 19.4 Å². The van der Waals surface area contributed by atoms with Crippen molar-refractivity contribution in [2.75, 3.05) is 6.26 Å². The van der Waals surface area contributed by atoms with Crippen molar-refractivity contribution in [1.29, 1.82) is 0 Å². The van der Waals surface area contributed by atoms with Crippen molar-refractivity contribution >= 4 is 22.1 Å². The molecule has 2 atom stereocenters. The van der Waals surface area contributed by atoms with Gasteiger partial charge in [-0.05, 0) is 44.0 Å². The Morgan fingerprint density at radius 1 is 1.00 bits per heavy atom. The third-order valence-corrected chi connectivity index (χ3v) is 4.71. The molecule has 9 heteroatoms. The second-order valence-electron chi connectivity index (χ2n) is 8.38. The van der Waals surface area contributed by atoms with Gasteiger partial charge in [-0.3, -0.25) is 9.59 Å². The van der Waals surface area contributed by atoms with Gasteiger partial charge >= 0.3 is 22.1 Å². The number of carbonyl (C=O) groups excluding carboxylic acids is 2. The maximum absolute atomic E-state index is 13.0. The lowest BCUT2D eigenvalue weighted by atomic mass is 9.90. The van der Waals surface area contributed by atoms with Gasteiger partial charge in [0.1, 0.15) is 18.0 Å². The lowest BCUT2D eigenvalue weighted by Gasteiger charge is -2.25. The van der Waals surface area contributed by atoms with E-state index >= 15 is 0 Å². The number of carbonyl (C=O) groups is 2. The van der Waals surface area contributed by atoms with Gasteiger partial charge in [0.15, 0.2) is 0 Å². The topological polar surface area (TPSA) is 122 Å². The first kappa shape index (κ1) is 25.4. The zero-order valence-electron chi connectivity index (χ0n) is 18.6. The quantitative estimate of drug-likeness (QED) is 0.445. The molecule has 0 bridgehead atoms. The Balaban J connectivity index is 2.22. The van der Waals surface area contributed by atoms with E-state index in [0.29, 0.717) is 5.56 Å². The van der Waals surface area contributed by atoms with Crippen LogP contribution in [0.4, 0.5) is 0 Å². The van der Waals surface area contributed by atoms with Crippen molar-refractivity contribution < 1.29 is 31.7 Å². The van der Waals surface area contributed by atoms with E-state index in [2.05, 4.69) is 0 Å². The van der Waals surface area contributed by atoms with Crippen molar-refractivity contribution in [1.82, 2.24) is 0 Å². The summed E-state index contributed by atoms with van der Waals surface area (Å²) in [4.78, 5) is 25.2. The maximum atomic E-state index is 13.0. The molecule has 0 saturated carbocycles. The molecule has 0 aliphatic carbocycles. The third-order valence-electron chi connectivity index (χ3n) is 4.22. The number of hydrogen-bond acceptors (Lipinski definition) is 8.